The van der Waals surface area contributed by atoms with Gasteiger partial charge in [0.05, 0.1) is 12.5 Å². The second-order valence-corrected chi connectivity index (χ2v) is 6.32. The number of H-pyrrole nitrogens is 1. The molecule has 4 nitrogen and oxygen atoms in total. The molecule has 0 unspecified atom stereocenters. The number of benzene rings is 1. The van der Waals surface area contributed by atoms with Gasteiger partial charge in [-0.2, -0.15) is 0 Å². The maximum atomic E-state index is 12.6. The molecular weight excluding hydrogens is 314 g/mol. The molecule has 0 fully saturated rings. The first-order valence-corrected chi connectivity index (χ1v) is 8.71. The number of furan rings is 1. The van der Waals surface area contributed by atoms with Crippen LogP contribution in [0.15, 0.2) is 39.6 Å². The van der Waals surface area contributed by atoms with E-state index >= 15 is 0 Å². The smallest absolute Gasteiger partial charge is 0.256 e. The standard InChI is InChI=1S/C21H21NO3/c1-4-12-6-9-18-19(20-16(12)10-13(5-2)25-20)15-8-7-14(24-3)11-17(15)21(23)22-18/h6-8,10-11H,4-5,9H2,1-3H3,(H,22,23). The van der Waals surface area contributed by atoms with Crippen molar-refractivity contribution >= 4 is 16.3 Å². The molecule has 0 radical (unpaired) electrons. The van der Waals surface area contributed by atoms with E-state index in [-0.39, 0.29) is 5.56 Å². The average molecular weight is 335 g/mol. The number of ether oxygens (including phenoxy) is 1. The second-order valence-electron chi connectivity index (χ2n) is 6.32. The maximum absolute atomic E-state index is 12.6. The number of hydrogen-bond donors (Lipinski definition) is 1. The number of aromatic amines is 1. The molecule has 1 aliphatic rings. The van der Waals surface area contributed by atoms with E-state index < -0.39 is 0 Å². The summed E-state index contributed by atoms with van der Waals surface area (Å²) in [5, 5.41) is 1.53. The molecule has 2 heterocycles. The number of methoxy groups -OCH3 is 1. The van der Waals surface area contributed by atoms with Gasteiger partial charge < -0.3 is 14.1 Å². The van der Waals surface area contributed by atoms with Crippen LogP contribution in [0, 0.1) is 0 Å². The number of allylic oxidation sites excluding steroid dienone is 2. The number of nitrogens with one attached hydrogen (secondary N) is 1. The maximum Gasteiger partial charge on any atom is 0.256 e. The van der Waals surface area contributed by atoms with E-state index in [0.29, 0.717) is 17.6 Å². The minimum atomic E-state index is -0.0928. The van der Waals surface area contributed by atoms with E-state index in [2.05, 4.69) is 31.0 Å². The van der Waals surface area contributed by atoms with Gasteiger partial charge in [0.1, 0.15) is 17.3 Å². The largest absolute Gasteiger partial charge is 0.497 e. The summed E-state index contributed by atoms with van der Waals surface area (Å²) in [6, 6.07) is 7.78. The summed E-state index contributed by atoms with van der Waals surface area (Å²) in [4.78, 5) is 15.7. The summed E-state index contributed by atoms with van der Waals surface area (Å²) in [6.45, 7) is 4.24. The molecule has 0 atom stereocenters. The van der Waals surface area contributed by atoms with Crippen molar-refractivity contribution in [1.82, 2.24) is 4.98 Å². The van der Waals surface area contributed by atoms with Crippen molar-refractivity contribution in [2.24, 2.45) is 0 Å². The molecule has 2 aromatic heterocycles. The van der Waals surface area contributed by atoms with Crippen LogP contribution in [0.4, 0.5) is 0 Å². The molecule has 128 valence electrons. The highest BCUT2D eigenvalue weighted by Gasteiger charge is 2.24. The van der Waals surface area contributed by atoms with Crippen LogP contribution in [-0.4, -0.2) is 12.1 Å². The average Bonchev–Trinajstić information content (AvgIpc) is 3.00. The molecule has 0 spiro atoms. The fourth-order valence-electron chi connectivity index (χ4n) is 3.61. The van der Waals surface area contributed by atoms with Crippen LogP contribution >= 0.6 is 0 Å². The fraction of sp³-hybridized carbons (Fsp3) is 0.286. The fourth-order valence-corrected chi connectivity index (χ4v) is 3.61. The minimum Gasteiger partial charge on any atom is -0.497 e. The van der Waals surface area contributed by atoms with Crippen LogP contribution in [0.25, 0.3) is 27.7 Å². The topological polar surface area (TPSA) is 55.2 Å². The Morgan fingerprint density at radius 2 is 2.00 bits per heavy atom. The molecule has 1 aliphatic carbocycles. The summed E-state index contributed by atoms with van der Waals surface area (Å²) in [7, 11) is 1.61. The van der Waals surface area contributed by atoms with Gasteiger partial charge in [-0.3, -0.25) is 4.79 Å². The summed E-state index contributed by atoms with van der Waals surface area (Å²) in [6.07, 6.45) is 4.67. The van der Waals surface area contributed by atoms with Crippen molar-refractivity contribution in [3.63, 3.8) is 0 Å². The Labute approximate surface area is 146 Å². The Hall–Kier alpha value is -2.75. The van der Waals surface area contributed by atoms with E-state index in [1.54, 1.807) is 13.2 Å². The third-order valence-electron chi connectivity index (χ3n) is 4.94. The summed E-state index contributed by atoms with van der Waals surface area (Å²) < 4.78 is 11.5. The highest BCUT2D eigenvalue weighted by Crippen LogP contribution is 2.41. The van der Waals surface area contributed by atoms with E-state index in [4.69, 9.17) is 9.15 Å². The van der Waals surface area contributed by atoms with Crippen LogP contribution in [0.3, 0.4) is 0 Å². The normalized spacial score (nSPS) is 13.2. The zero-order valence-corrected chi connectivity index (χ0v) is 14.7. The number of aryl methyl sites for hydroxylation is 1. The van der Waals surface area contributed by atoms with Gasteiger partial charge in [0.15, 0.2) is 0 Å². The molecule has 0 bridgehead atoms. The van der Waals surface area contributed by atoms with Gasteiger partial charge in [0.25, 0.3) is 5.56 Å². The van der Waals surface area contributed by atoms with Gasteiger partial charge in [0.2, 0.25) is 0 Å². The van der Waals surface area contributed by atoms with Gasteiger partial charge >= 0.3 is 0 Å². The lowest BCUT2D eigenvalue weighted by molar-refractivity contribution is 0.415. The van der Waals surface area contributed by atoms with Crippen molar-refractivity contribution in [1.29, 1.82) is 0 Å². The molecule has 0 aliphatic heterocycles. The molecule has 0 saturated carbocycles. The summed E-state index contributed by atoms with van der Waals surface area (Å²) >= 11 is 0. The quantitative estimate of drug-likeness (QED) is 0.754. The molecule has 1 N–H and O–H groups in total. The first-order chi connectivity index (χ1) is 12.2. The monoisotopic (exact) mass is 335 g/mol. The zero-order valence-electron chi connectivity index (χ0n) is 14.7. The number of pyridine rings is 1. The molecular formula is C21H21NO3. The van der Waals surface area contributed by atoms with Crippen LogP contribution < -0.4 is 10.3 Å². The lowest BCUT2D eigenvalue weighted by atomic mass is 9.98. The Morgan fingerprint density at radius 3 is 2.72 bits per heavy atom. The third-order valence-corrected chi connectivity index (χ3v) is 4.94. The number of aromatic nitrogens is 1. The van der Waals surface area contributed by atoms with Gasteiger partial charge in [-0.1, -0.05) is 19.9 Å². The van der Waals surface area contributed by atoms with Crippen molar-refractivity contribution in [3.8, 4) is 17.1 Å². The van der Waals surface area contributed by atoms with Crippen LogP contribution in [0.5, 0.6) is 5.75 Å². The zero-order chi connectivity index (χ0) is 17.6. The van der Waals surface area contributed by atoms with Crippen molar-refractivity contribution < 1.29 is 9.15 Å². The first kappa shape index (κ1) is 15.8. The Balaban J connectivity index is 2.10. The predicted octanol–water partition coefficient (Wildman–Crippen LogP) is 4.71. The predicted molar refractivity (Wildman–Crippen MR) is 100 cm³/mol. The number of fused-ring (bicyclic) bond motifs is 5. The molecule has 0 saturated heterocycles. The van der Waals surface area contributed by atoms with Gasteiger partial charge in [-0.05, 0) is 36.3 Å². The lowest BCUT2D eigenvalue weighted by Crippen LogP contribution is -2.11. The third kappa shape index (κ3) is 2.40. The molecule has 4 rings (SSSR count). The van der Waals surface area contributed by atoms with Crippen molar-refractivity contribution in [2.75, 3.05) is 7.11 Å². The van der Waals surface area contributed by atoms with E-state index in [9.17, 15) is 4.79 Å². The van der Waals surface area contributed by atoms with Crippen LogP contribution in [0.2, 0.25) is 0 Å². The lowest BCUT2D eigenvalue weighted by Gasteiger charge is -2.11. The minimum absolute atomic E-state index is 0.0928. The van der Waals surface area contributed by atoms with Gasteiger partial charge in [0, 0.05) is 35.0 Å². The SMILES string of the molecule is CCC1=CCc2[nH]c(=O)c3cc(OC)ccc3c2-c2oc(CC)cc21. The Morgan fingerprint density at radius 1 is 1.16 bits per heavy atom. The van der Waals surface area contributed by atoms with Gasteiger partial charge in [-0.15, -0.1) is 0 Å². The highest BCUT2D eigenvalue weighted by atomic mass is 16.5. The van der Waals surface area contributed by atoms with E-state index in [1.165, 1.54) is 5.57 Å². The van der Waals surface area contributed by atoms with E-state index in [1.807, 2.05) is 12.1 Å². The van der Waals surface area contributed by atoms with E-state index in [0.717, 1.165) is 46.6 Å². The Bertz CT molecular complexity index is 1050. The summed E-state index contributed by atoms with van der Waals surface area (Å²) in [5.41, 5.74) is 4.21. The van der Waals surface area contributed by atoms with Crippen molar-refractivity contribution in [3.05, 3.63) is 57.7 Å². The number of hydrogen-bond acceptors (Lipinski definition) is 3. The van der Waals surface area contributed by atoms with Gasteiger partial charge in [-0.25, -0.2) is 0 Å². The Kier molecular flexibility index (Phi) is 3.75. The molecule has 25 heavy (non-hydrogen) atoms. The first-order valence-electron chi connectivity index (χ1n) is 8.71. The van der Waals surface area contributed by atoms with Crippen LogP contribution in [-0.2, 0) is 12.8 Å². The molecule has 4 heteroatoms. The second kappa shape index (κ2) is 5.96. The highest BCUT2D eigenvalue weighted by molar-refractivity contribution is 5.99. The van der Waals surface area contributed by atoms with Crippen molar-refractivity contribution in [2.45, 2.75) is 33.1 Å². The van der Waals surface area contributed by atoms with Crippen LogP contribution in [0.1, 0.15) is 37.3 Å². The molecule has 0 amide bonds. The molecule has 3 aromatic rings. The molecule has 1 aromatic carbocycles. The summed E-state index contributed by atoms with van der Waals surface area (Å²) in [5.74, 6) is 2.50. The number of rotatable bonds is 3.